The molecule has 0 aliphatic rings. The highest BCUT2D eigenvalue weighted by atomic mass is 16.4. The number of carbonyl (C=O) groups is 2. The minimum atomic E-state index is -1.01. The fourth-order valence-electron chi connectivity index (χ4n) is 3.92. The number of nitrogens with zero attached hydrogens (tertiary/aromatic N) is 2. The van der Waals surface area contributed by atoms with Crippen LogP contribution < -0.4 is 5.43 Å². The van der Waals surface area contributed by atoms with Gasteiger partial charge in [-0.1, -0.05) is 54.6 Å². The van der Waals surface area contributed by atoms with Crippen molar-refractivity contribution in [3.8, 4) is 22.6 Å². The van der Waals surface area contributed by atoms with E-state index in [2.05, 4.69) is 10.5 Å². The lowest BCUT2D eigenvalue weighted by Gasteiger charge is -2.09. The highest BCUT2D eigenvalue weighted by Gasteiger charge is 2.14. The number of fused-ring (bicyclic) bond motifs is 1. The summed E-state index contributed by atoms with van der Waals surface area (Å²) in [4.78, 5) is 29.1. The van der Waals surface area contributed by atoms with Gasteiger partial charge in [-0.15, -0.1) is 0 Å². The molecule has 0 fully saturated rings. The lowest BCUT2D eigenvalue weighted by molar-refractivity contribution is 0.0696. The second-order valence-corrected chi connectivity index (χ2v) is 8.17. The predicted octanol–water partition coefficient (Wildman–Crippen LogP) is 5.93. The maximum absolute atomic E-state index is 13.1. The number of benzene rings is 3. The van der Waals surface area contributed by atoms with E-state index in [-0.39, 0.29) is 11.5 Å². The summed E-state index contributed by atoms with van der Waals surface area (Å²) in [5.74, 6) is -0.462. The molecule has 7 nitrogen and oxygen atoms in total. The zero-order valence-electron chi connectivity index (χ0n) is 19.3. The molecule has 5 aromatic rings. The van der Waals surface area contributed by atoms with Crippen molar-refractivity contribution in [3.63, 3.8) is 0 Å². The molecule has 1 amide bonds. The maximum Gasteiger partial charge on any atom is 0.335 e. The number of hydrogen-bond acceptors (Lipinski definition) is 5. The summed E-state index contributed by atoms with van der Waals surface area (Å²) in [7, 11) is 0. The third kappa shape index (κ3) is 4.63. The molecule has 0 saturated heterocycles. The third-order valence-electron chi connectivity index (χ3n) is 5.77. The summed E-state index contributed by atoms with van der Waals surface area (Å²) >= 11 is 0. The molecule has 0 aliphatic heterocycles. The number of carbonyl (C=O) groups excluding carboxylic acids is 1. The Balaban J connectivity index is 1.39. The molecular weight excluding hydrogens is 454 g/mol. The van der Waals surface area contributed by atoms with Crippen LogP contribution in [-0.2, 0) is 0 Å². The Morgan fingerprint density at radius 3 is 2.53 bits per heavy atom. The minimum Gasteiger partial charge on any atom is -0.478 e. The van der Waals surface area contributed by atoms with Crippen molar-refractivity contribution in [3.05, 3.63) is 113 Å². The third-order valence-corrected chi connectivity index (χ3v) is 5.77. The molecular formula is C29H21N3O4. The molecule has 0 spiro atoms. The molecule has 5 rings (SSSR count). The van der Waals surface area contributed by atoms with Crippen molar-refractivity contribution in [1.82, 2.24) is 10.4 Å². The topological polar surface area (TPSA) is 105 Å². The van der Waals surface area contributed by atoms with E-state index >= 15 is 0 Å². The molecule has 36 heavy (non-hydrogen) atoms. The lowest BCUT2D eigenvalue weighted by Crippen LogP contribution is -2.18. The molecule has 7 heteroatoms. The molecule has 2 N–H and O–H groups in total. The number of hydrogen-bond donors (Lipinski definition) is 2. The van der Waals surface area contributed by atoms with E-state index in [9.17, 15) is 14.7 Å². The van der Waals surface area contributed by atoms with Crippen molar-refractivity contribution in [2.24, 2.45) is 5.10 Å². The Morgan fingerprint density at radius 1 is 0.944 bits per heavy atom. The molecule has 176 valence electrons. The number of carboxylic acids is 1. The van der Waals surface area contributed by atoms with E-state index in [4.69, 9.17) is 9.40 Å². The van der Waals surface area contributed by atoms with Gasteiger partial charge in [0.15, 0.2) is 0 Å². The predicted molar refractivity (Wildman–Crippen MR) is 138 cm³/mol. The lowest BCUT2D eigenvalue weighted by atomic mass is 10.0. The number of aromatic carboxylic acids is 1. The average Bonchev–Trinajstić information content (AvgIpc) is 3.37. The number of hydrazone groups is 1. The number of para-hydroxylation sites is 1. The quantitative estimate of drug-likeness (QED) is 0.234. The summed E-state index contributed by atoms with van der Waals surface area (Å²) in [5.41, 5.74) is 7.07. The van der Waals surface area contributed by atoms with E-state index in [1.165, 1.54) is 6.21 Å². The van der Waals surface area contributed by atoms with E-state index < -0.39 is 5.97 Å². The summed E-state index contributed by atoms with van der Waals surface area (Å²) in [6.07, 6.45) is 1.40. The Kier molecular flexibility index (Phi) is 6.11. The number of nitrogens with one attached hydrogen (secondary N) is 1. The maximum atomic E-state index is 13.1. The van der Waals surface area contributed by atoms with Gasteiger partial charge in [0.1, 0.15) is 11.5 Å². The van der Waals surface area contributed by atoms with Gasteiger partial charge in [-0.2, -0.15) is 5.10 Å². The number of rotatable bonds is 6. The van der Waals surface area contributed by atoms with Gasteiger partial charge in [0.2, 0.25) is 0 Å². The monoisotopic (exact) mass is 475 g/mol. The van der Waals surface area contributed by atoms with Crippen LogP contribution in [0.1, 0.15) is 32.0 Å². The van der Waals surface area contributed by atoms with Gasteiger partial charge in [0, 0.05) is 16.5 Å². The molecule has 0 unspecified atom stereocenters. The second kappa shape index (κ2) is 9.68. The fourth-order valence-corrected chi connectivity index (χ4v) is 3.92. The SMILES string of the molecule is Cc1ccc(C(=O)O)cc1-c1ccc(/C=N/NC(=O)c2cc(-c3ccccc3)nc3ccccc23)o1. The first-order valence-corrected chi connectivity index (χ1v) is 11.2. The highest BCUT2D eigenvalue weighted by Crippen LogP contribution is 2.27. The molecule has 0 radical (unpaired) electrons. The molecule has 0 saturated carbocycles. The van der Waals surface area contributed by atoms with Gasteiger partial charge < -0.3 is 9.52 Å². The Hall–Kier alpha value is -5.04. The number of carboxylic acid groups (broad SMARTS) is 1. The number of amides is 1. The average molecular weight is 476 g/mol. The van der Waals surface area contributed by atoms with Crippen LogP contribution in [0.2, 0.25) is 0 Å². The van der Waals surface area contributed by atoms with Gasteiger partial charge in [-0.25, -0.2) is 15.2 Å². The number of aromatic nitrogens is 1. The van der Waals surface area contributed by atoms with Crippen LogP contribution in [0.5, 0.6) is 0 Å². The van der Waals surface area contributed by atoms with Crippen molar-refractivity contribution >= 4 is 29.0 Å². The standard InChI is InChI=1S/C29H21N3O4/c1-18-11-12-20(29(34)35)15-23(18)27-14-13-21(36-27)17-30-32-28(33)24-16-26(19-7-3-2-4-8-19)31-25-10-6-5-9-22(24)25/h2-17H,1H3,(H,32,33)(H,34,35)/b30-17+. The Labute approximate surface area is 206 Å². The molecule has 0 atom stereocenters. The van der Waals surface area contributed by atoms with Gasteiger partial charge in [0.25, 0.3) is 5.91 Å². The second-order valence-electron chi connectivity index (χ2n) is 8.17. The Morgan fingerprint density at radius 2 is 1.72 bits per heavy atom. The van der Waals surface area contributed by atoms with Gasteiger partial charge in [-0.3, -0.25) is 4.79 Å². The summed E-state index contributed by atoms with van der Waals surface area (Å²) < 4.78 is 5.82. The van der Waals surface area contributed by atoms with Gasteiger partial charge in [-0.05, 0) is 48.9 Å². The van der Waals surface area contributed by atoms with Crippen LogP contribution in [-0.4, -0.2) is 28.2 Å². The van der Waals surface area contributed by atoms with E-state index in [0.29, 0.717) is 33.9 Å². The highest BCUT2D eigenvalue weighted by molar-refractivity contribution is 6.07. The number of furan rings is 1. The van der Waals surface area contributed by atoms with Crippen molar-refractivity contribution in [1.29, 1.82) is 0 Å². The fraction of sp³-hybridized carbons (Fsp3) is 0.0345. The van der Waals surface area contributed by atoms with E-state index in [0.717, 1.165) is 16.5 Å². The van der Waals surface area contributed by atoms with Crippen LogP contribution in [0.4, 0.5) is 0 Å². The van der Waals surface area contributed by atoms with Crippen molar-refractivity contribution < 1.29 is 19.1 Å². The summed E-state index contributed by atoms with van der Waals surface area (Å²) in [6.45, 7) is 1.88. The summed E-state index contributed by atoms with van der Waals surface area (Å²) in [5, 5.41) is 14.1. The minimum absolute atomic E-state index is 0.175. The van der Waals surface area contributed by atoms with Crippen LogP contribution in [0, 0.1) is 6.92 Å². The first-order chi connectivity index (χ1) is 17.5. The first-order valence-electron chi connectivity index (χ1n) is 11.2. The normalized spacial score (nSPS) is 11.1. The largest absolute Gasteiger partial charge is 0.478 e. The first kappa shape index (κ1) is 22.7. The van der Waals surface area contributed by atoms with Crippen molar-refractivity contribution in [2.75, 3.05) is 0 Å². The van der Waals surface area contributed by atoms with Crippen LogP contribution in [0.25, 0.3) is 33.5 Å². The molecule has 0 aliphatic carbocycles. The van der Waals surface area contributed by atoms with E-state index in [1.807, 2.05) is 61.5 Å². The Bertz CT molecular complexity index is 1620. The molecule has 0 bridgehead atoms. The van der Waals surface area contributed by atoms with Crippen molar-refractivity contribution in [2.45, 2.75) is 6.92 Å². The zero-order valence-corrected chi connectivity index (χ0v) is 19.3. The molecule has 2 heterocycles. The summed E-state index contributed by atoms with van der Waals surface area (Å²) in [6, 6.07) is 27.2. The van der Waals surface area contributed by atoms with Gasteiger partial charge in [0.05, 0.1) is 28.6 Å². The zero-order chi connectivity index (χ0) is 25.1. The molecule has 3 aromatic carbocycles. The van der Waals surface area contributed by atoms with E-state index in [1.54, 1.807) is 36.4 Å². The smallest absolute Gasteiger partial charge is 0.335 e. The van der Waals surface area contributed by atoms with Crippen LogP contribution >= 0.6 is 0 Å². The van der Waals surface area contributed by atoms with Crippen LogP contribution in [0.15, 0.2) is 101 Å². The number of aryl methyl sites for hydroxylation is 1. The number of pyridine rings is 1. The van der Waals surface area contributed by atoms with Crippen LogP contribution in [0.3, 0.4) is 0 Å². The van der Waals surface area contributed by atoms with Gasteiger partial charge >= 0.3 is 5.97 Å². The molecule has 2 aromatic heterocycles.